The van der Waals surface area contributed by atoms with Crippen LogP contribution < -0.4 is 28.4 Å². The van der Waals surface area contributed by atoms with E-state index in [1.807, 2.05) is 97.1 Å². The van der Waals surface area contributed by atoms with Gasteiger partial charge >= 0.3 is 0 Å². The fourth-order valence-electron chi connectivity index (χ4n) is 14.8. The first-order valence-corrected chi connectivity index (χ1v) is 30.7. The average molecular weight is 1230 g/mol. The van der Waals surface area contributed by atoms with Crippen molar-refractivity contribution in [1.82, 2.24) is 0 Å². The summed E-state index contributed by atoms with van der Waals surface area (Å²) in [6.45, 7) is 44.8. The van der Waals surface area contributed by atoms with Gasteiger partial charge in [0.15, 0.2) is 0 Å². The van der Waals surface area contributed by atoms with E-state index in [0.717, 1.165) is 110 Å². The van der Waals surface area contributed by atoms with E-state index in [1.165, 1.54) is 114 Å². The Morgan fingerprint density at radius 2 is 0.670 bits per heavy atom. The highest BCUT2D eigenvalue weighted by Gasteiger charge is 2.61. The smallest absolute Gasteiger partial charge is 0.134 e. The van der Waals surface area contributed by atoms with Gasteiger partial charge in [-0.15, -0.1) is 0 Å². The SMILES string of the molecule is C=COC12CC3CC(C1)CC(OC=C)(C3)C2.C=COCC12CC3CC(C1)CC(OC=C)(C3)C2.C=COCc1ccc(COC=C)cc1.C=COc1ccc(OC=C)cc1.C=COc1ccc2cc(OC=C)ccc2c1.C=COc1cccc2c(OC=C)cccc12. The summed E-state index contributed by atoms with van der Waals surface area (Å²) in [5.41, 5.74) is 2.71. The molecule has 91 heavy (non-hydrogen) atoms. The predicted molar refractivity (Wildman–Crippen MR) is 366 cm³/mol. The van der Waals surface area contributed by atoms with Gasteiger partial charge in [0.1, 0.15) is 64.5 Å². The Bertz CT molecular complexity index is 3200. The molecule has 8 aliphatic rings. The Labute approximate surface area is 539 Å². The number of rotatable bonds is 27. The Kier molecular flexibility index (Phi) is 26.0. The molecule has 14 rings (SSSR count). The van der Waals surface area contributed by atoms with Crippen LogP contribution in [0.25, 0.3) is 21.5 Å². The largest absolute Gasteiger partial charge is 0.501 e. The van der Waals surface area contributed by atoms with Crippen molar-refractivity contribution in [1.29, 1.82) is 0 Å². The quantitative estimate of drug-likeness (QED) is 0.0458. The van der Waals surface area contributed by atoms with Crippen LogP contribution in [-0.2, 0) is 41.6 Å². The lowest BCUT2D eigenvalue weighted by molar-refractivity contribution is -0.203. The zero-order valence-electron chi connectivity index (χ0n) is 52.8. The average Bonchev–Trinajstić information content (AvgIpc) is 0.743. The molecule has 0 spiro atoms. The molecule has 8 saturated carbocycles. The van der Waals surface area contributed by atoms with Crippen LogP contribution in [-0.4, -0.2) is 23.4 Å². The Balaban J connectivity index is 0.000000156. The number of ether oxygens (including phenoxy) is 12. The summed E-state index contributed by atoms with van der Waals surface area (Å²) in [4.78, 5) is 0. The van der Waals surface area contributed by atoms with Gasteiger partial charge in [-0.3, -0.25) is 0 Å². The van der Waals surface area contributed by atoms with E-state index in [-0.39, 0.29) is 16.8 Å². The third-order valence-electron chi connectivity index (χ3n) is 17.1. The van der Waals surface area contributed by atoms with Crippen molar-refractivity contribution >= 4 is 21.5 Å². The van der Waals surface area contributed by atoms with Crippen LogP contribution in [0.1, 0.15) is 88.2 Å². The molecule has 0 amide bonds. The van der Waals surface area contributed by atoms with Gasteiger partial charge in [0.25, 0.3) is 0 Å². The summed E-state index contributed by atoms with van der Waals surface area (Å²) in [6.07, 6.45) is 32.5. The summed E-state index contributed by atoms with van der Waals surface area (Å²) in [5.74, 6) is 7.79. The highest BCUT2D eigenvalue weighted by molar-refractivity contribution is 5.93. The molecule has 6 aromatic carbocycles. The predicted octanol–water partition coefficient (Wildman–Crippen LogP) is 20.6. The molecular formula is C79H90O12. The van der Waals surface area contributed by atoms with E-state index in [0.29, 0.717) is 18.6 Å². The standard InChI is InChI=1S/C15H22O2.C14H20O2.2C14H12O2.C12H14O2.C10H10O2/c1-3-16-11-14-6-12-5-13(7-14)9-15(8-12,10-14)17-4-2;1-3-15-13-6-11-5-12(7-13)9-14(8-11,10-13)16-4-2;1-3-15-13-9-5-8-12-11(13)7-6-10-14(12)16-4-2;1-3-15-13-7-5-12-10-14(16-4-2)8-6-11(12)9-13;1-3-13-9-11-5-7-12(8-6-11)10-14-4-2;1-3-11-9-5-7-10(8-6-9)12-4-2/h3-4,12-13H,1-2,5-11H2;3-4,11-12H,1-2,5-10H2;2*3-10H,1-2H2;3-8H,1-2,9-10H2;3-8H,1-2H2. The summed E-state index contributed by atoms with van der Waals surface area (Å²) in [7, 11) is 0. The van der Waals surface area contributed by atoms with Gasteiger partial charge < -0.3 is 56.8 Å². The van der Waals surface area contributed by atoms with Gasteiger partial charge in [0.2, 0.25) is 0 Å². The van der Waals surface area contributed by atoms with E-state index in [9.17, 15) is 0 Å². The number of benzene rings is 6. The molecule has 0 saturated heterocycles. The molecule has 2 unspecified atom stereocenters. The number of fused-ring (bicyclic) bond motifs is 2. The number of hydrogen-bond acceptors (Lipinski definition) is 12. The molecule has 0 heterocycles. The van der Waals surface area contributed by atoms with Gasteiger partial charge in [-0.1, -0.05) is 140 Å². The molecule has 478 valence electrons. The van der Waals surface area contributed by atoms with Crippen molar-refractivity contribution in [2.24, 2.45) is 29.1 Å². The van der Waals surface area contributed by atoms with Crippen LogP contribution in [0.4, 0.5) is 0 Å². The van der Waals surface area contributed by atoms with Crippen LogP contribution in [0.5, 0.6) is 34.5 Å². The first-order valence-electron chi connectivity index (χ1n) is 30.7. The normalized spacial score (nSPS) is 23.3. The molecule has 0 aromatic heterocycles. The monoisotopic (exact) mass is 1230 g/mol. The van der Waals surface area contributed by atoms with E-state index in [2.05, 4.69) is 78.9 Å². The van der Waals surface area contributed by atoms with Gasteiger partial charge in [-0.25, -0.2) is 0 Å². The van der Waals surface area contributed by atoms with Gasteiger partial charge in [0.05, 0.1) is 81.8 Å². The van der Waals surface area contributed by atoms with Crippen molar-refractivity contribution in [3.05, 3.63) is 287 Å². The summed E-state index contributed by atoms with van der Waals surface area (Å²) >= 11 is 0. The second-order valence-electron chi connectivity index (χ2n) is 23.5. The third kappa shape index (κ3) is 19.4. The van der Waals surface area contributed by atoms with Crippen molar-refractivity contribution in [2.75, 3.05) is 6.61 Å². The second-order valence-corrected chi connectivity index (χ2v) is 23.5. The molecule has 0 radical (unpaired) electrons. The molecule has 8 bridgehead atoms. The maximum atomic E-state index is 5.93. The molecule has 12 heteroatoms. The summed E-state index contributed by atoms with van der Waals surface area (Å²) in [5, 5.41) is 4.16. The van der Waals surface area contributed by atoms with Gasteiger partial charge in [0, 0.05) is 22.6 Å². The first kappa shape index (κ1) is 68.8. The maximum Gasteiger partial charge on any atom is 0.134 e. The lowest BCUT2D eigenvalue weighted by Crippen LogP contribution is -2.60. The molecule has 6 aromatic rings. The van der Waals surface area contributed by atoms with Crippen molar-refractivity contribution in [2.45, 2.75) is 107 Å². The molecule has 2 atom stereocenters. The first-order chi connectivity index (χ1) is 44.3. The zero-order valence-corrected chi connectivity index (χ0v) is 52.8. The number of hydrogen-bond donors (Lipinski definition) is 0. The fraction of sp³-hybridized carbons (Fsp3) is 0.291. The van der Waals surface area contributed by atoms with Crippen LogP contribution >= 0.6 is 0 Å². The van der Waals surface area contributed by atoms with Crippen molar-refractivity contribution < 1.29 is 56.8 Å². The van der Waals surface area contributed by atoms with E-state index in [4.69, 9.17) is 56.8 Å². The molecule has 12 nitrogen and oxygen atoms in total. The minimum absolute atomic E-state index is 0.0227. The topological polar surface area (TPSA) is 111 Å². The molecule has 0 N–H and O–H groups in total. The van der Waals surface area contributed by atoms with E-state index < -0.39 is 0 Å². The minimum Gasteiger partial charge on any atom is -0.501 e. The van der Waals surface area contributed by atoms with Crippen molar-refractivity contribution in [3.8, 4) is 34.5 Å². The maximum absolute atomic E-state index is 5.93. The zero-order chi connectivity index (χ0) is 65.0. The Morgan fingerprint density at radius 3 is 1.02 bits per heavy atom. The van der Waals surface area contributed by atoms with E-state index >= 15 is 0 Å². The van der Waals surface area contributed by atoms with Crippen LogP contribution in [0, 0.1) is 29.1 Å². The second kappa shape index (κ2) is 34.3. The third-order valence-corrected chi connectivity index (χ3v) is 17.1. The lowest BCUT2D eigenvalue weighted by Gasteiger charge is -2.60. The highest BCUT2D eigenvalue weighted by Crippen LogP contribution is 2.63. The molecule has 0 aliphatic heterocycles. The lowest BCUT2D eigenvalue weighted by atomic mass is 9.48. The van der Waals surface area contributed by atoms with E-state index in [1.54, 1.807) is 49.3 Å². The molecular weight excluding hydrogens is 1140 g/mol. The molecule has 8 aliphatic carbocycles. The fourth-order valence-corrected chi connectivity index (χ4v) is 14.8. The van der Waals surface area contributed by atoms with Crippen LogP contribution in [0.15, 0.2) is 275 Å². The van der Waals surface area contributed by atoms with Crippen LogP contribution in [0.3, 0.4) is 0 Å². The Hall–Kier alpha value is -9.68. The Morgan fingerprint density at radius 1 is 0.330 bits per heavy atom. The summed E-state index contributed by atoms with van der Waals surface area (Å²) < 4.78 is 64.4. The van der Waals surface area contributed by atoms with Gasteiger partial charge in [-0.05, 0) is 177 Å². The molecule has 8 fully saturated rings. The highest BCUT2D eigenvalue weighted by atomic mass is 16.5. The van der Waals surface area contributed by atoms with Gasteiger partial charge in [-0.2, -0.15) is 0 Å². The minimum atomic E-state index is 0.0227. The van der Waals surface area contributed by atoms with Crippen molar-refractivity contribution in [3.63, 3.8) is 0 Å². The summed E-state index contributed by atoms with van der Waals surface area (Å²) in [6, 6.07) is 38.4. The van der Waals surface area contributed by atoms with Crippen LogP contribution in [0.2, 0.25) is 0 Å².